The monoisotopic (exact) mass is 491 g/mol. The molecule has 0 radical (unpaired) electrons. The number of carbonyl (C=O) groups excluding carboxylic acids is 2. The third-order valence-corrected chi connectivity index (χ3v) is 8.56. The smallest absolute Gasteiger partial charge is 0.309 e. The highest BCUT2D eigenvalue weighted by atomic mass is 32.2. The number of aromatic nitrogens is 3. The van der Waals surface area contributed by atoms with E-state index in [1.807, 2.05) is 4.90 Å². The van der Waals surface area contributed by atoms with Gasteiger partial charge in [-0.3, -0.25) is 9.59 Å². The molecule has 0 saturated carbocycles. The number of likely N-dealkylation sites (tertiary alicyclic amines) is 1. The minimum Gasteiger partial charge on any atom is -0.466 e. The molecule has 0 bridgehead atoms. The number of sulfonamides is 1. The zero-order chi connectivity index (χ0) is 24.1. The molecule has 186 valence electrons. The summed E-state index contributed by atoms with van der Waals surface area (Å²) in [4.78, 5) is 26.5. The molecule has 2 saturated heterocycles. The molecule has 11 heteroatoms. The van der Waals surface area contributed by atoms with Gasteiger partial charge < -0.3 is 9.64 Å². The summed E-state index contributed by atoms with van der Waals surface area (Å²) in [5.74, 6) is -0.213. The topological polar surface area (TPSA) is 115 Å². The Morgan fingerprint density at radius 1 is 1.09 bits per heavy atom. The summed E-state index contributed by atoms with van der Waals surface area (Å²) in [6.07, 6.45) is 5.10. The van der Waals surface area contributed by atoms with Gasteiger partial charge in [-0.15, -0.1) is 5.10 Å². The van der Waals surface area contributed by atoms with E-state index in [2.05, 4.69) is 10.3 Å². The first-order valence-corrected chi connectivity index (χ1v) is 13.6. The Morgan fingerprint density at radius 2 is 1.82 bits per heavy atom. The van der Waals surface area contributed by atoms with Crippen LogP contribution in [0.25, 0.3) is 11.0 Å². The quantitative estimate of drug-likeness (QED) is 0.520. The molecule has 0 atom stereocenters. The van der Waals surface area contributed by atoms with Crippen LogP contribution in [0, 0.1) is 5.92 Å². The van der Waals surface area contributed by atoms with Crippen LogP contribution in [0.2, 0.25) is 0 Å². The number of ether oxygens (including phenoxy) is 1. The first kappa shape index (κ1) is 24.6. The molecule has 0 unspecified atom stereocenters. The maximum Gasteiger partial charge on any atom is 0.309 e. The first-order valence-electron chi connectivity index (χ1n) is 12.2. The van der Waals surface area contributed by atoms with Gasteiger partial charge in [-0.05, 0) is 57.2 Å². The van der Waals surface area contributed by atoms with E-state index in [1.165, 1.54) is 0 Å². The predicted molar refractivity (Wildman–Crippen MR) is 125 cm³/mol. The Balaban J connectivity index is 1.30. The van der Waals surface area contributed by atoms with Gasteiger partial charge in [0, 0.05) is 39.1 Å². The molecule has 2 aromatic rings. The Bertz CT molecular complexity index is 1120. The number of fused-ring (bicyclic) bond motifs is 1. The highest BCUT2D eigenvalue weighted by Crippen LogP contribution is 2.24. The largest absolute Gasteiger partial charge is 0.466 e. The van der Waals surface area contributed by atoms with E-state index in [0.29, 0.717) is 70.5 Å². The molecule has 2 aliphatic rings. The SMILES string of the molecule is CCOC(=O)C1CCN(C(=O)CCCn2nnc3cc(S(=O)(=O)N4CCCCC4)ccc32)CC1. The molecular weight excluding hydrogens is 458 g/mol. The Hall–Kier alpha value is -2.53. The van der Waals surface area contributed by atoms with E-state index in [9.17, 15) is 18.0 Å². The van der Waals surface area contributed by atoms with Gasteiger partial charge in [0.2, 0.25) is 15.9 Å². The molecule has 2 aliphatic heterocycles. The lowest BCUT2D eigenvalue weighted by Crippen LogP contribution is -2.40. The van der Waals surface area contributed by atoms with Crippen LogP contribution < -0.4 is 0 Å². The maximum atomic E-state index is 12.9. The van der Waals surface area contributed by atoms with Crippen molar-refractivity contribution >= 4 is 32.9 Å². The van der Waals surface area contributed by atoms with Gasteiger partial charge in [0.15, 0.2) is 0 Å². The van der Waals surface area contributed by atoms with E-state index in [-0.39, 0.29) is 22.7 Å². The molecule has 34 heavy (non-hydrogen) atoms. The average molecular weight is 492 g/mol. The van der Waals surface area contributed by atoms with Crippen molar-refractivity contribution in [1.82, 2.24) is 24.2 Å². The molecule has 2 fully saturated rings. The lowest BCUT2D eigenvalue weighted by Gasteiger charge is -2.31. The number of hydrogen-bond donors (Lipinski definition) is 0. The predicted octanol–water partition coefficient (Wildman–Crippen LogP) is 2.19. The molecule has 0 spiro atoms. The van der Waals surface area contributed by atoms with E-state index in [0.717, 1.165) is 24.8 Å². The fourth-order valence-electron chi connectivity index (χ4n) is 4.69. The molecule has 0 N–H and O–H groups in total. The van der Waals surface area contributed by atoms with Crippen molar-refractivity contribution < 1.29 is 22.7 Å². The van der Waals surface area contributed by atoms with Crippen molar-refractivity contribution in [3.63, 3.8) is 0 Å². The molecule has 1 aromatic carbocycles. The van der Waals surface area contributed by atoms with Gasteiger partial charge in [0.05, 0.1) is 22.9 Å². The van der Waals surface area contributed by atoms with Crippen molar-refractivity contribution in [1.29, 1.82) is 0 Å². The lowest BCUT2D eigenvalue weighted by atomic mass is 9.97. The Morgan fingerprint density at radius 3 is 2.53 bits per heavy atom. The third kappa shape index (κ3) is 5.41. The zero-order valence-corrected chi connectivity index (χ0v) is 20.5. The highest BCUT2D eigenvalue weighted by molar-refractivity contribution is 7.89. The second kappa shape index (κ2) is 10.8. The number of hydrogen-bond acceptors (Lipinski definition) is 7. The number of esters is 1. The summed E-state index contributed by atoms with van der Waals surface area (Å²) in [7, 11) is -3.52. The Kier molecular flexibility index (Phi) is 7.82. The molecule has 1 amide bonds. The number of rotatable bonds is 8. The van der Waals surface area contributed by atoms with Gasteiger partial charge in [-0.25, -0.2) is 13.1 Å². The summed E-state index contributed by atoms with van der Waals surface area (Å²) < 4.78 is 34.2. The maximum absolute atomic E-state index is 12.9. The summed E-state index contributed by atoms with van der Waals surface area (Å²) >= 11 is 0. The second-order valence-electron chi connectivity index (χ2n) is 8.94. The van der Waals surface area contributed by atoms with Crippen LogP contribution in [0.15, 0.2) is 23.1 Å². The highest BCUT2D eigenvalue weighted by Gasteiger charge is 2.28. The van der Waals surface area contributed by atoms with Crippen LogP contribution >= 0.6 is 0 Å². The fraction of sp³-hybridized carbons (Fsp3) is 0.652. The van der Waals surface area contributed by atoms with Crippen molar-refractivity contribution in [2.45, 2.75) is 63.3 Å². The van der Waals surface area contributed by atoms with Crippen LogP contribution in [-0.4, -0.2) is 77.3 Å². The summed E-state index contributed by atoms with van der Waals surface area (Å²) in [5, 5.41) is 8.33. The summed E-state index contributed by atoms with van der Waals surface area (Å²) in [6.45, 7) is 4.95. The van der Waals surface area contributed by atoms with Crippen molar-refractivity contribution in [2.24, 2.45) is 5.92 Å². The van der Waals surface area contributed by atoms with E-state index < -0.39 is 10.0 Å². The average Bonchev–Trinajstić information content (AvgIpc) is 3.27. The van der Waals surface area contributed by atoms with Crippen LogP contribution in [0.3, 0.4) is 0 Å². The zero-order valence-electron chi connectivity index (χ0n) is 19.7. The fourth-order valence-corrected chi connectivity index (χ4v) is 6.23. The van der Waals surface area contributed by atoms with E-state index in [1.54, 1.807) is 34.1 Å². The third-order valence-electron chi connectivity index (χ3n) is 6.67. The van der Waals surface area contributed by atoms with Gasteiger partial charge in [-0.2, -0.15) is 4.31 Å². The minimum absolute atomic E-state index is 0.0710. The van der Waals surface area contributed by atoms with Crippen molar-refractivity contribution in [3.05, 3.63) is 18.2 Å². The molecular formula is C23H33N5O5S. The van der Waals surface area contributed by atoms with Crippen molar-refractivity contribution in [3.8, 4) is 0 Å². The van der Waals surface area contributed by atoms with Gasteiger partial charge in [-0.1, -0.05) is 11.6 Å². The molecule has 10 nitrogen and oxygen atoms in total. The van der Waals surface area contributed by atoms with Crippen LogP contribution in [0.1, 0.15) is 51.9 Å². The normalized spacial score (nSPS) is 18.3. The minimum atomic E-state index is -3.52. The summed E-state index contributed by atoms with van der Waals surface area (Å²) in [5.41, 5.74) is 1.28. The molecule has 0 aliphatic carbocycles. The standard InChI is InChI=1S/C23H33N5O5S/c1-2-33-23(30)18-10-15-26(16-11-18)22(29)7-6-14-28-21-9-8-19(17-20(21)24-25-28)34(31,32)27-12-4-3-5-13-27/h8-9,17-18H,2-7,10-16H2,1H3. The Labute approximate surface area is 200 Å². The lowest BCUT2D eigenvalue weighted by molar-refractivity contribution is -0.151. The molecule has 3 heterocycles. The number of amides is 1. The molecule has 1 aromatic heterocycles. The number of carbonyl (C=O) groups is 2. The number of nitrogens with zero attached hydrogens (tertiary/aromatic N) is 5. The van der Waals surface area contributed by atoms with Gasteiger partial charge in [0.25, 0.3) is 0 Å². The van der Waals surface area contributed by atoms with Gasteiger partial charge >= 0.3 is 5.97 Å². The molecule has 4 rings (SSSR count). The van der Waals surface area contributed by atoms with Crippen LogP contribution in [-0.2, 0) is 30.9 Å². The van der Waals surface area contributed by atoms with E-state index >= 15 is 0 Å². The number of benzene rings is 1. The second-order valence-corrected chi connectivity index (χ2v) is 10.9. The first-order chi connectivity index (χ1) is 16.4. The van der Waals surface area contributed by atoms with Crippen LogP contribution in [0.5, 0.6) is 0 Å². The van der Waals surface area contributed by atoms with Crippen LogP contribution in [0.4, 0.5) is 0 Å². The van der Waals surface area contributed by atoms with Gasteiger partial charge in [0.1, 0.15) is 5.52 Å². The summed E-state index contributed by atoms with van der Waals surface area (Å²) in [6, 6.07) is 4.95. The number of aryl methyl sites for hydroxylation is 1. The van der Waals surface area contributed by atoms with E-state index in [4.69, 9.17) is 4.74 Å². The number of piperidine rings is 2. The van der Waals surface area contributed by atoms with Crippen molar-refractivity contribution in [2.75, 3.05) is 32.8 Å².